The van der Waals surface area contributed by atoms with Gasteiger partial charge in [-0.25, -0.2) is 9.78 Å². The standard InChI is InChI=1S/C16H22N4O3S/c21-14(12-8-17-13(24-12)9-19-5-1-2-6-19)20-7-3-4-16(11-20)10-18-15(22)23-16/h8H,1-7,9-11H2,(H,18,22)/t16-/m1/s1. The maximum Gasteiger partial charge on any atom is 0.407 e. The van der Waals surface area contributed by atoms with Crippen molar-refractivity contribution in [3.63, 3.8) is 0 Å². The van der Waals surface area contributed by atoms with Gasteiger partial charge in [0.05, 0.1) is 25.8 Å². The van der Waals surface area contributed by atoms with E-state index in [1.807, 2.05) is 0 Å². The van der Waals surface area contributed by atoms with E-state index in [0.29, 0.717) is 24.5 Å². The van der Waals surface area contributed by atoms with Crippen LogP contribution in [-0.4, -0.2) is 65.1 Å². The van der Waals surface area contributed by atoms with Crippen LogP contribution < -0.4 is 5.32 Å². The van der Waals surface area contributed by atoms with Crippen LogP contribution in [0.2, 0.25) is 0 Å². The Morgan fingerprint density at radius 1 is 1.33 bits per heavy atom. The number of carbonyl (C=O) groups excluding carboxylic acids is 2. The number of piperidine rings is 1. The number of aromatic nitrogens is 1. The largest absolute Gasteiger partial charge is 0.439 e. The highest BCUT2D eigenvalue weighted by Crippen LogP contribution is 2.29. The predicted octanol–water partition coefficient (Wildman–Crippen LogP) is 1.45. The number of hydrogen-bond donors (Lipinski definition) is 1. The summed E-state index contributed by atoms with van der Waals surface area (Å²) in [6.45, 7) is 4.73. The fourth-order valence-corrected chi connectivity index (χ4v) is 4.70. The molecule has 2 amide bonds. The van der Waals surface area contributed by atoms with Crippen molar-refractivity contribution in [3.05, 3.63) is 16.1 Å². The van der Waals surface area contributed by atoms with Gasteiger partial charge in [0.2, 0.25) is 0 Å². The zero-order valence-electron chi connectivity index (χ0n) is 13.6. The molecule has 1 aromatic heterocycles. The van der Waals surface area contributed by atoms with Gasteiger partial charge in [-0.15, -0.1) is 11.3 Å². The minimum atomic E-state index is -0.548. The van der Waals surface area contributed by atoms with Crippen LogP contribution >= 0.6 is 11.3 Å². The Morgan fingerprint density at radius 3 is 2.92 bits per heavy atom. The van der Waals surface area contributed by atoms with Gasteiger partial charge < -0.3 is 15.0 Å². The second kappa shape index (κ2) is 6.33. The number of amides is 2. The lowest BCUT2D eigenvalue weighted by Crippen LogP contribution is -2.52. The van der Waals surface area contributed by atoms with Crippen molar-refractivity contribution in [1.82, 2.24) is 20.1 Å². The van der Waals surface area contributed by atoms with Crippen LogP contribution in [0.5, 0.6) is 0 Å². The zero-order valence-corrected chi connectivity index (χ0v) is 14.4. The van der Waals surface area contributed by atoms with Crippen LogP contribution in [-0.2, 0) is 11.3 Å². The van der Waals surface area contributed by atoms with Crippen molar-refractivity contribution >= 4 is 23.3 Å². The molecule has 4 heterocycles. The fourth-order valence-electron chi connectivity index (χ4n) is 3.77. The molecule has 130 valence electrons. The average Bonchev–Trinajstić information content (AvgIpc) is 3.30. The molecule has 1 aromatic rings. The number of ether oxygens (including phenoxy) is 1. The lowest BCUT2D eigenvalue weighted by atomic mass is 9.93. The van der Waals surface area contributed by atoms with Crippen LogP contribution in [0.1, 0.15) is 40.4 Å². The molecule has 4 rings (SSSR count). The molecule has 0 radical (unpaired) electrons. The molecule has 1 atom stereocenters. The van der Waals surface area contributed by atoms with Gasteiger partial charge in [-0.2, -0.15) is 0 Å². The summed E-state index contributed by atoms with van der Waals surface area (Å²) >= 11 is 1.49. The van der Waals surface area contributed by atoms with Crippen molar-refractivity contribution in [1.29, 1.82) is 0 Å². The van der Waals surface area contributed by atoms with Crippen molar-refractivity contribution in [3.8, 4) is 0 Å². The van der Waals surface area contributed by atoms with E-state index in [-0.39, 0.29) is 12.0 Å². The fraction of sp³-hybridized carbons (Fsp3) is 0.688. The summed E-state index contributed by atoms with van der Waals surface area (Å²) < 4.78 is 5.44. The molecule has 0 saturated carbocycles. The van der Waals surface area contributed by atoms with Gasteiger partial charge in [-0.1, -0.05) is 0 Å². The molecule has 3 fully saturated rings. The molecule has 1 spiro atoms. The van der Waals surface area contributed by atoms with Crippen molar-refractivity contribution in [2.45, 2.75) is 37.8 Å². The normalized spacial score (nSPS) is 27.5. The Hall–Kier alpha value is -1.67. The summed E-state index contributed by atoms with van der Waals surface area (Å²) in [7, 11) is 0. The second-order valence-electron chi connectivity index (χ2n) is 6.86. The number of alkyl carbamates (subject to hydrolysis) is 1. The molecule has 7 nitrogen and oxygen atoms in total. The molecule has 0 aliphatic carbocycles. The van der Waals surface area contributed by atoms with Crippen LogP contribution in [0, 0.1) is 0 Å². The second-order valence-corrected chi connectivity index (χ2v) is 7.97. The number of likely N-dealkylation sites (tertiary alicyclic amines) is 2. The summed E-state index contributed by atoms with van der Waals surface area (Å²) in [6.07, 6.45) is 5.46. The Kier molecular flexibility index (Phi) is 4.17. The van der Waals surface area contributed by atoms with E-state index in [1.54, 1.807) is 11.1 Å². The summed E-state index contributed by atoms with van der Waals surface area (Å²) in [6, 6.07) is 0. The summed E-state index contributed by atoms with van der Waals surface area (Å²) in [5.41, 5.74) is -0.548. The Labute approximate surface area is 145 Å². The third-order valence-electron chi connectivity index (χ3n) is 5.01. The minimum absolute atomic E-state index is 0.00203. The molecule has 0 aromatic carbocycles. The summed E-state index contributed by atoms with van der Waals surface area (Å²) in [4.78, 5) is 33.5. The van der Waals surface area contributed by atoms with Gasteiger partial charge in [-0.3, -0.25) is 9.69 Å². The molecular formula is C16H22N4O3S. The quantitative estimate of drug-likeness (QED) is 0.893. The molecule has 24 heavy (non-hydrogen) atoms. The average molecular weight is 350 g/mol. The van der Waals surface area contributed by atoms with E-state index in [4.69, 9.17) is 4.74 Å². The van der Waals surface area contributed by atoms with Gasteiger partial charge in [0, 0.05) is 6.54 Å². The first-order valence-corrected chi connectivity index (χ1v) is 9.38. The number of carbonyl (C=O) groups is 2. The van der Waals surface area contributed by atoms with E-state index in [9.17, 15) is 9.59 Å². The first kappa shape index (κ1) is 15.8. The smallest absolute Gasteiger partial charge is 0.407 e. The van der Waals surface area contributed by atoms with Crippen molar-refractivity contribution in [2.75, 3.05) is 32.7 Å². The Morgan fingerprint density at radius 2 is 2.17 bits per heavy atom. The van der Waals surface area contributed by atoms with Gasteiger partial charge in [0.15, 0.2) is 0 Å². The topological polar surface area (TPSA) is 74.8 Å². The van der Waals surface area contributed by atoms with Gasteiger partial charge in [0.25, 0.3) is 5.91 Å². The van der Waals surface area contributed by atoms with E-state index in [0.717, 1.165) is 37.5 Å². The monoisotopic (exact) mass is 350 g/mol. The van der Waals surface area contributed by atoms with E-state index in [2.05, 4.69) is 15.2 Å². The Balaban J connectivity index is 1.41. The van der Waals surface area contributed by atoms with Crippen LogP contribution in [0.25, 0.3) is 0 Å². The van der Waals surface area contributed by atoms with Crippen molar-refractivity contribution in [2.24, 2.45) is 0 Å². The number of hydrogen-bond acceptors (Lipinski definition) is 6. The lowest BCUT2D eigenvalue weighted by molar-refractivity contribution is -0.00488. The third-order valence-corrected chi connectivity index (χ3v) is 5.98. The molecule has 8 heteroatoms. The number of thiazole rings is 1. The van der Waals surface area contributed by atoms with E-state index in [1.165, 1.54) is 24.2 Å². The van der Waals surface area contributed by atoms with E-state index >= 15 is 0 Å². The van der Waals surface area contributed by atoms with Crippen LogP contribution in [0.4, 0.5) is 4.79 Å². The highest BCUT2D eigenvalue weighted by Gasteiger charge is 2.45. The lowest BCUT2D eigenvalue weighted by Gasteiger charge is -2.37. The van der Waals surface area contributed by atoms with Crippen LogP contribution in [0.3, 0.4) is 0 Å². The molecule has 3 saturated heterocycles. The first-order valence-electron chi connectivity index (χ1n) is 8.57. The maximum atomic E-state index is 12.8. The third kappa shape index (κ3) is 3.12. The molecule has 1 N–H and O–H groups in total. The van der Waals surface area contributed by atoms with E-state index < -0.39 is 5.60 Å². The number of rotatable bonds is 3. The molecule has 3 aliphatic rings. The SMILES string of the molecule is O=C1NC[C@@]2(CCCN(C(=O)c3cnc(CN4CCCC4)s3)C2)O1. The Bertz CT molecular complexity index is 643. The highest BCUT2D eigenvalue weighted by atomic mass is 32.1. The van der Waals surface area contributed by atoms with Crippen LogP contribution in [0.15, 0.2) is 6.20 Å². The maximum absolute atomic E-state index is 12.8. The summed E-state index contributed by atoms with van der Waals surface area (Å²) in [5, 5.41) is 3.71. The zero-order chi connectivity index (χ0) is 16.6. The van der Waals surface area contributed by atoms with Gasteiger partial charge in [-0.05, 0) is 38.8 Å². The highest BCUT2D eigenvalue weighted by molar-refractivity contribution is 7.13. The number of nitrogens with zero attached hydrogens (tertiary/aromatic N) is 3. The molecule has 0 bridgehead atoms. The molecule has 0 unspecified atom stereocenters. The van der Waals surface area contributed by atoms with Gasteiger partial charge >= 0.3 is 6.09 Å². The summed E-state index contributed by atoms with van der Waals surface area (Å²) in [5.74, 6) is 0.00203. The predicted molar refractivity (Wildman–Crippen MR) is 89.0 cm³/mol. The van der Waals surface area contributed by atoms with Crippen molar-refractivity contribution < 1.29 is 14.3 Å². The molecule has 3 aliphatic heterocycles. The molecular weight excluding hydrogens is 328 g/mol. The first-order chi connectivity index (χ1) is 11.6. The van der Waals surface area contributed by atoms with Gasteiger partial charge in [0.1, 0.15) is 15.5 Å². The minimum Gasteiger partial charge on any atom is -0.439 e. The number of nitrogens with one attached hydrogen (secondary N) is 1.